The van der Waals surface area contributed by atoms with Crippen molar-refractivity contribution in [2.24, 2.45) is 5.41 Å². The van der Waals surface area contributed by atoms with Gasteiger partial charge in [-0.15, -0.1) is 11.3 Å². The predicted molar refractivity (Wildman–Crippen MR) is 295 cm³/mol. The number of aliphatic hydroxyl groups is 1. The Hall–Kier alpha value is -7.76. The van der Waals surface area contributed by atoms with Crippen molar-refractivity contribution >= 4 is 74.7 Å². The van der Waals surface area contributed by atoms with Crippen LogP contribution in [0.3, 0.4) is 0 Å². The maximum absolute atomic E-state index is 14.1. The Labute approximate surface area is 441 Å². The van der Waals surface area contributed by atoms with Crippen LogP contribution in [0, 0.1) is 12.3 Å². The number of nitrogens with one attached hydrogen (secondary N) is 6. The molecular formula is C58H66N10O6S. The number of aromatic nitrogens is 4. The molecule has 16 nitrogen and oxygen atoms in total. The van der Waals surface area contributed by atoms with Crippen LogP contribution in [-0.4, -0.2) is 84.2 Å². The summed E-state index contributed by atoms with van der Waals surface area (Å²) >= 11 is 1.58. The molecule has 1 aliphatic rings. The van der Waals surface area contributed by atoms with Crippen LogP contribution in [0.15, 0.2) is 121 Å². The molecule has 3 aromatic heterocycles. The average molecular weight is 1030 g/mol. The largest absolute Gasteiger partial charge is 0.391 e. The van der Waals surface area contributed by atoms with Crippen molar-refractivity contribution in [1.29, 1.82) is 0 Å². The topological polar surface area (TPSA) is 223 Å². The van der Waals surface area contributed by atoms with Gasteiger partial charge in [-0.1, -0.05) is 95.0 Å². The van der Waals surface area contributed by atoms with Gasteiger partial charge in [0.05, 0.1) is 33.9 Å². The molecule has 7 aromatic rings. The van der Waals surface area contributed by atoms with Crippen LogP contribution in [0.1, 0.15) is 113 Å². The number of rotatable bonds is 21. The minimum absolute atomic E-state index is 0.00490. The number of amides is 5. The van der Waals surface area contributed by atoms with Gasteiger partial charge >= 0.3 is 0 Å². The van der Waals surface area contributed by atoms with E-state index in [9.17, 15) is 29.1 Å². The normalized spacial score (nSPS) is 15.3. The highest BCUT2D eigenvalue weighted by Crippen LogP contribution is 2.32. The second-order valence-electron chi connectivity index (χ2n) is 20.3. The molecule has 0 aliphatic carbocycles. The molecule has 1 unspecified atom stereocenters. The predicted octanol–water partition coefficient (Wildman–Crippen LogP) is 10.5. The number of para-hydroxylation sites is 1. The molecule has 7 N–H and O–H groups in total. The summed E-state index contributed by atoms with van der Waals surface area (Å²) < 4.78 is 0. The van der Waals surface area contributed by atoms with Crippen LogP contribution >= 0.6 is 11.3 Å². The fourth-order valence-corrected chi connectivity index (χ4v) is 10.1. The molecule has 0 radical (unpaired) electrons. The molecule has 0 spiro atoms. The van der Waals surface area contributed by atoms with Crippen molar-refractivity contribution in [1.82, 2.24) is 35.5 Å². The Morgan fingerprint density at radius 3 is 2.20 bits per heavy atom. The number of carbonyl (C=O) groups excluding carboxylic acids is 5. The lowest BCUT2D eigenvalue weighted by atomic mass is 9.85. The summed E-state index contributed by atoms with van der Waals surface area (Å²) in [4.78, 5) is 86.0. The second kappa shape index (κ2) is 24.5. The molecule has 1 fully saturated rings. The third kappa shape index (κ3) is 14.1. The van der Waals surface area contributed by atoms with Crippen LogP contribution in [0.25, 0.3) is 32.6 Å². The van der Waals surface area contributed by atoms with Crippen LogP contribution in [0.4, 0.5) is 22.9 Å². The first-order chi connectivity index (χ1) is 36.1. The molecule has 5 amide bonds. The average Bonchev–Trinajstić information content (AvgIpc) is 4.14. The Morgan fingerprint density at radius 2 is 1.48 bits per heavy atom. The van der Waals surface area contributed by atoms with E-state index < -0.39 is 29.5 Å². The van der Waals surface area contributed by atoms with E-state index in [1.807, 2.05) is 119 Å². The Kier molecular flexibility index (Phi) is 17.5. The number of benzene rings is 4. The lowest BCUT2D eigenvalue weighted by Gasteiger charge is -2.35. The summed E-state index contributed by atoms with van der Waals surface area (Å²) in [6.45, 7) is 9.49. The highest BCUT2D eigenvalue weighted by Gasteiger charge is 2.44. The first-order valence-corrected chi connectivity index (χ1v) is 26.5. The minimum atomic E-state index is -0.892. The zero-order valence-electron chi connectivity index (χ0n) is 43.1. The van der Waals surface area contributed by atoms with E-state index in [1.54, 1.807) is 41.7 Å². The van der Waals surface area contributed by atoms with E-state index >= 15 is 0 Å². The molecule has 1 saturated heterocycles. The summed E-state index contributed by atoms with van der Waals surface area (Å²) in [5.41, 5.74) is 9.24. The standard InChI is InChI=1S/C58H66N10O6S/c1-36(38-21-23-39(24-22-38)53-37(2)62-35-75-53)63-56(73)49-30-44(69)33-68(49)57(74)54(58(3,4)5)67-52(71)20-11-9-7-6-8-10-19-51(70)65-41-27-25-40(26-28-41)55(72)66-43-16-14-15-42(29-43)64-50-31-48(60-34-61-50)46-32-59-47-18-13-12-17-45(46)47/h12-18,21-29,31-32,34-36,44,49,54,59,69H,6-11,19-20,30,33H2,1-5H3,(H,63,73)(H,65,70)(H,66,72)(H,67,71)(H,60,61,64)/t36-,44+,49?,54+/m0/s1. The number of hydrogen-bond acceptors (Lipinski definition) is 11. The van der Waals surface area contributed by atoms with E-state index in [0.29, 0.717) is 42.0 Å². The SMILES string of the molecule is Cc1ncsc1-c1ccc([C@H](C)NC(=O)C2C[C@@H](O)CN2C(=O)[C@@H](NC(=O)CCCCCCCCC(=O)Nc2ccc(C(=O)Nc3cccc(Nc4cc(-c5c[nH]c6ccccc56)ncn4)c3)cc2)C(C)(C)C)cc1. The van der Waals surface area contributed by atoms with Crippen LogP contribution in [-0.2, 0) is 19.2 Å². The number of likely N-dealkylation sites (tertiary alicyclic amines) is 1. The molecule has 0 saturated carbocycles. The molecule has 390 valence electrons. The molecule has 4 heterocycles. The van der Waals surface area contributed by atoms with Crippen molar-refractivity contribution in [3.05, 3.63) is 138 Å². The minimum Gasteiger partial charge on any atom is -0.391 e. The van der Waals surface area contributed by atoms with Gasteiger partial charge < -0.3 is 41.6 Å². The zero-order valence-corrected chi connectivity index (χ0v) is 43.9. The highest BCUT2D eigenvalue weighted by molar-refractivity contribution is 7.13. The number of anilines is 4. The first-order valence-electron chi connectivity index (χ1n) is 25.6. The van der Waals surface area contributed by atoms with Gasteiger partial charge in [-0.3, -0.25) is 24.0 Å². The van der Waals surface area contributed by atoms with E-state index in [2.05, 4.69) is 46.5 Å². The molecule has 17 heteroatoms. The van der Waals surface area contributed by atoms with Crippen molar-refractivity contribution in [2.75, 3.05) is 22.5 Å². The van der Waals surface area contributed by atoms with Gasteiger partial charge in [0.2, 0.25) is 23.6 Å². The van der Waals surface area contributed by atoms with E-state index in [-0.39, 0.29) is 49.1 Å². The van der Waals surface area contributed by atoms with Crippen LogP contribution in [0.5, 0.6) is 0 Å². The maximum atomic E-state index is 14.1. The van der Waals surface area contributed by atoms with E-state index in [1.165, 1.54) is 11.2 Å². The highest BCUT2D eigenvalue weighted by atomic mass is 32.1. The van der Waals surface area contributed by atoms with Crippen LogP contribution in [0.2, 0.25) is 0 Å². The van der Waals surface area contributed by atoms with E-state index in [4.69, 9.17) is 0 Å². The number of aryl methyl sites for hydroxylation is 1. The van der Waals surface area contributed by atoms with Gasteiger partial charge in [0.25, 0.3) is 5.91 Å². The molecule has 0 bridgehead atoms. The maximum Gasteiger partial charge on any atom is 0.255 e. The summed E-state index contributed by atoms with van der Waals surface area (Å²) in [6, 6.07) is 29.9. The number of carbonyl (C=O) groups is 5. The van der Waals surface area contributed by atoms with Crippen LogP contribution < -0.4 is 26.6 Å². The number of hydrogen-bond donors (Lipinski definition) is 7. The van der Waals surface area contributed by atoms with E-state index in [0.717, 1.165) is 75.2 Å². The van der Waals surface area contributed by atoms with Crippen molar-refractivity contribution < 1.29 is 29.1 Å². The summed E-state index contributed by atoms with van der Waals surface area (Å²) in [6.07, 6.45) is 8.13. The Balaban J connectivity index is 0.712. The Morgan fingerprint density at radius 1 is 0.773 bits per heavy atom. The number of unbranched alkanes of at least 4 members (excludes halogenated alkanes) is 5. The summed E-state index contributed by atoms with van der Waals surface area (Å²) in [5.74, 6) is -0.775. The quantitative estimate of drug-likeness (QED) is 0.0337. The number of fused-ring (bicyclic) bond motifs is 1. The lowest BCUT2D eigenvalue weighted by Crippen LogP contribution is -2.57. The van der Waals surface area contributed by atoms with Crippen molar-refractivity contribution in [3.63, 3.8) is 0 Å². The number of aromatic amines is 1. The van der Waals surface area contributed by atoms with Gasteiger partial charge in [0.1, 0.15) is 24.2 Å². The van der Waals surface area contributed by atoms with Crippen molar-refractivity contribution in [2.45, 2.75) is 117 Å². The lowest BCUT2D eigenvalue weighted by molar-refractivity contribution is -0.144. The number of H-pyrrole nitrogens is 1. The smallest absolute Gasteiger partial charge is 0.255 e. The zero-order chi connectivity index (χ0) is 53.1. The number of aliphatic hydroxyl groups excluding tert-OH is 1. The fraction of sp³-hybridized carbons (Fsp3) is 0.345. The second-order valence-corrected chi connectivity index (χ2v) is 21.2. The third-order valence-corrected chi connectivity index (χ3v) is 14.5. The van der Waals surface area contributed by atoms with Gasteiger partial charge in [0.15, 0.2) is 0 Å². The fourth-order valence-electron chi connectivity index (χ4n) is 9.34. The molecular weight excluding hydrogens is 965 g/mol. The van der Waals surface area contributed by atoms with Gasteiger partial charge in [-0.2, -0.15) is 0 Å². The molecule has 75 heavy (non-hydrogen) atoms. The third-order valence-electron chi connectivity index (χ3n) is 13.5. The molecule has 8 rings (SSSR count). The van der Waals surface area contributed by atoms with Crippen molar-refractivity contribution in [3.8, 4) is 21.7 Å². The van der Waals surface area contributed by atoms with Gasteiger partial charge in [-0.05, 0) is 91.8 Å². The summed E-state index contributed by atoms with van der Waals surface area (Å²) in [7, 11) is 0. The monoisotopic (exact) mass is 1030 g/mol. The van der Waals surface area contributed by atoms with Gasteiger partial charge in [0, 0.05) is 77.2 Å². The number of β-amino-alcohol motifs (C(OH)–C–C–N with tert-alkyl or cyclic N) is 1. The number of thiazole rings is 1. The Bertz CT molecular complexity index is 3110. The molecule has 4 atom stereocenters. The number of nitrogens with zero attached hydrogens (tertiary/aromatic N) is 4. The molecule has 1 aliphatic heterocycles. The first kappa shape index (κ1) is 53.5. The summed E-state index contributed by atoms with van der Waals surface area (Å²) in [5, 5.41) is 26.9. The van der Waals surface area contributed by atoms with Gasteiger partial charge in [-0.25, -0.2) is 15.0 Å². The molecule has 4 aromatic carbocycles.